The number of carbonyl (C=O) groups excluding carboxylic acids is 1. The summed E-state index contributed by atoms with van der Waals surface area (Å²) in [5.41, 5.74) is 1.83. The minimum atomic E-state index is -1.61. The molecule has 5 heteroatoms. The van der Waals surface area contributed by atoms with E-state index in [4.69, 9.17) is 5.11 Å². The van der Waals surface area contributed by atoms with Crippen LogP contribution in [0.25, 0.3) is 0 Å². The standard InChI is InChI=1S/C13H18O5/c1-3-18-13(17)12(16)11(15)10-5-4-9(7-14)6-8(10)2/h4-6,11-12,14-16H,3,7H2,1-2H3. The number of esters is 1. The van der Waals surface area contributed by atoms with Gasteiger partial charge in [0, 0.05) is 0 Å². The normalized spacial score (nSPS) is 14.1. The fraction of sp³-hybridized carbons (Fsp3) is 0.462. The second-order valence-electron chi connectivity index (χ2n) is 3.99. The fourth-order valence-corrected chi connectivity index (χ4v) is 1.69. The van der Waals surface area contributed by atoms with Crippen LogP contribution in [0.1, 0.15) is 29.7 Å². The molecule has 2 atom stereocenters. The highest BCUT2D eigenvalue weighted by Gasteiger charge is 2.27. The third-order valence-electron chi connectivity index (χ3n) is 2.66. The molecule has 0 fully saturated rings. The SMILES string of the molecule is CCOC(=O)C(O)C(O)c1ccc(CO)cc1C. The minimum absolute atomic E-state index is 0.0996. The molecule has 100 valence electrons. The highest BCUT2D eigenvalue weighted by molar-refractivity contribution is 5.75. The van der Waals surface area contributed by atoms with Crippen molar-refractivity contribution in [2.75, 3.05) is 6.61 Å². The second kappa shape index (κ2) is 6.49. The molecule has 3 N–H and O–H groups in total. The summed E-state index contributed by atoms with van der Waals surface area (Å²) < 4.78 is 4.64. The van der Waals surface area contributed by atoms with E-state index in [0.29, 0.717) is 16.7 Å². The van der Waals surface area contributed by atoms with Crippen LogP contribution in [0.3, 0.4) is 0 Å². The largest absolute Gasteiger partial charge is 0.464 e. The second-order valence-corrected chi connectivity index (χ2v) is 3.99. The van der Waals surface area contributed by atoms with Gasteiger partial charge < -0.3 is 20.1 Å². The Hall–Kier alpha value is -1.43. The third-order valence-corrected chi connectivity index (χ3v) is 2.66. The molecule has 0 aliphatic rings. The maximum absolute atomic E-state index is 11.3. The van der Waals surface area contributed by atoms with Crippen molar-refractivity contribution < 1.29 is 24.9 Å². The first-order chi connectivity index (χ1) is 8.51. The lowest BCUT2D eigenvalue weighted by Gasteiger charge is -2.18. The Morgan fingerprint density at radius 3 is 2.56 bits per heavy atom. The van der Waals surface area contributed by atoms with Crippen LogP contribution in [0.5, 0.6) is 0 Å². The summed E-state index contributed by atoms with van der Waals surface area (Å²) in [4.78, 5) is 11.3. The lowest BCUT2D eigenvalue weighted by molar-refractivity contribution is -0.159. The van der Waals surface area contributed by atoms with E-state index < -0.39 is 18.2 Å². The van der Waals surface area contributed by atoms with Crippen LogP contribution >= 0.6 is 0 Å². The van der Waals surface area contributed by atoms with Crippen LogP contribution in [0.15, 0.2) is 18.2 Å². The molecule has 0 spiro atoms. The number of hydrogen-bond donors (Lipinski definition) is 3. The van der Waals surface area contributed by atoms with E-state index in [2.05, 4.69) is 4.74 Å². The van der Waals surface area contributed by atoms with E-state index >= 15 is 0 Å². The van der Waals surface area contributed by atoms with Gasteiger partial charge in [0.2, 0.25) is 0 Å². The summed E-state index contributed by atoms with van der Waals surface area (Å²) in [7, 11) is 0. The molecular formula is C13H18O5. The first-order valence-electron chi connectivity index (χ1n) is 5.74. The summed E-state index contributed by atoms with van der Waals surface area (Å²) in [6.07, 6.45) is -2.94. The average Bonchev–Trinajstić information content (AvgIpc) is 2.37. The lowest BCUT2D eigenvalue weighted by Crippen LogP contribution is -2.30. The topological polar surface area (TPSA) is 87.0 Å². The zero-order valence-corrected chi connectivity index (χ0v) is 10.5. The van der Waals surface area contributed by atoms with Crippen LogP contribution in [0.2, 0.25) is 0 Å². The molecule has 1 rings (SSSR count). The molecule has 0 aliphatic carbocycles. The van der Waals surface area contributed by atoms with Gasteiger partial charge in [-0.2, -0.15) is 0 Å². The van der Waals surface area contributed by atoms with E-state index in [1.807, 2.05) is 0 Å². The van der Waals surface area contributed by atoms with E-state index in [-0.39, 0.29) is 13.2 Å². The van der Waals surface area contributed by atoms with Gasteiger partial charge in [-0.3, -0.25) is 0 Å². The predicted octanol–water partition coefficient (Wildman–Crippen LogP) is 0.445. The smallest absolute Gasteiger partial charge is 0.338 e. The molecule has 0 aromatic heterocycles. The number of aryl methyl sites for hydroxylation is 1. The Kier molecular flexibility index (Phi) is 5.27. The van der Waals surface area contributed by atoms with Gasteiger partial charge in [0.25, 0.3) is 0 Å². The van der Waals surface area contributed by atoms with Crippen molar-refractivity contribution in [2.24, 2.45) is 0 Å². The molecule has 0 radical (unpaired) electrons. The number of hydrogen-bond acceptors (Lipinski definition) is 5. The first kappa shape index (κ1) is 14.6. The first-order valence-corrected chi connectivity index (χ1v) is 5.74. The lowest BCUT2D eigenvalue weighted by atomic mass is 9.97. The number of ether oxygens (including phenoxy) is 1. The summed E-state index contributed by atoms with van der Waals surface area (Å²) in [5.74, 6) is -0.851. The zero-order valence-electron chi connectivity index (χ0n) is 10.5. The summed E-state index contributed by atoms with van der Waals surface area (Å²) in [5, 5.41) is 28.5. The Bertz CT molecular complexity index is 416. The monoisotopic (exact) mass is 254 g/mol. The molecular weight excluding hydrogens is 236 g/mol. The molecule has 0 saturated heterocycles. The van der Waals surface area contributed by atoms with Crippen molar-refractivity contribution in [1.82, 2.24) is 0 Å². The molecule has 1 aromatic carbocycles. The van der Waals surface area contributed by atoms with Gasteiger partial charge >= 0.3 is 5.97 Å². The van der Waals surface area contributed by atoms with Crippen LogP contribution in [0, 0.1) is 6.92 Å². The quantitative estimate of drug-likeness (QED) is 0.664. The number of rotatable bonds is 5. The van der Waals surface area contributed by atoms with Crippen molar-refractivity contribution >= 4 is 5.97 Å². The van der Waals surface area contributed by atoms with E-state index in [1.54, 1.807) is 32.0 Å². The Morgan fingerprint density at radius 1 is 1.39 bits per heavy atom. The predicted molar refractivity (Wildman–Crippen MR) is 64.7 cm³/mol. The van der Waals surface area contributed by atoms with Crippen LogP contribution < -0.4 is 0 Å². The Balaban J connectivity index is 2.89. The van der Waals surface area contributed by atoms with E-state index in [0.717, 1.165) is 0 Å². The Labute approximate surface area is 106 Å². The minimum Gasteiger partial charge on any atom is -0.464 e. The third kappa shape index (κ3) is 3.29. The highest BCUT2D eigenvalue weighted by Crippen LogP contribution is 2.22. The van der Waals surface area contributed by atoms with Crippen LogP contribution in [0.4, 0.5) is 0 Å². The van der Waals surface area contributed by atoms with Crippen molar-refractivity contribution in [3.8, 4) is 0 Å². The van der Waals surface area contributed by atoms with Crippen molar-refractivity contribution in [3.05, 3.63) is 34.9 Å². The van der Waals surface area contributed by atoms with Crippen LogP contribution in [-0.4, -0.2) is 34.0 Å². The van der Waals surface area contributed by atoms with Gasteiger partial charge in [-0.1, -0.05) is 18.2 Å². The molecule has 5 nitrogen and oxygen atoms in total. The maximum atomic E-state index is 11.3. The van der Waals surface area contributed by atoms with Crippen molar-refractivity contribution in [2.45, 2.75) is 32.7 Å². The highest BCUT2D eigenvalue weighted by atomic mass is 16.5. The molecule has 0 bridgehead atoms. The summed E-state index contributed by atoms with van der Waals surface area (Å²) >= 11 is 0. The van der Waals surface area contributed by atoms with Crippen LogP contribution in [-0.2, 0) is 16.1 Å². The summed E-state index contributed by atoms with van der Waals surface area (Å²) in [6.45, 7) is 3.40. The van der Waals surface area contributed by atoms with E-state index in [9.17, 15) is 15.0 Å². The van der Waals surface area contributed by atoms with Crippen molar-refractivity contribution in [3.63, 3.8) is 0 Å². The molecule has 2 unspecified atom stereocenters. The number of aliphatic hydroxyl groups excluding tert-OH is 3. The van der Waals surface area contributed by atoms with Gasteiger partial charge in [0.05, 0.1) is 13.2 Å². The van der Waals surface area contributed by atoms with Gasteiger partial charge in [-0.15, -0.1) is 0 Å². The number of aliphatic hydroxyl groups is 3. The van der Waals surface area contributed by atoms with E-state index in [1.165, 1.54) is 0 Å². The molecule has 18 heavy (non-hydrogen) atoms. The molecule has 0 saturated carbocycles. The average molecular weight is 254 g/mol. The maximum Gasteiger partial charge on any atom is 0.338 e. The van der Waals surface area contributed by atoms with Crippen molar-refractivity contribution in [1.29, 1.82) is 0 Å². The van der Waals surface area contributed by atoms with Gasteiger partial charge in [-0.25, -0.2) is 4.79 Å². The summed E-state index contributed by atoms with van der Waals surface area (Å²) in [6, 6.07) is 4.90. The molecule has 1 aromatic rings. The zero-order chi connectivity index (χ0) is 13.7. The fourth-order valence-electron chi connectivity index (χ4n) is 1.69. The van der Waals surface area contributed by atoms with Gasteiger partial charge in [0.1, 0.15) is 6.10 Å². The molecule has 0 aliphatic heterocycles. The van der Waals surface area contributed by atoms with Gasteiger partial charge in [0.15, 0.2) is 6.10 Å². The number of carbonyl (C=O) groups is 1. The molecule has 0 heterocycles. The van der Waals surface area contributed by atoms with Gasteiger partial charge in [-0.05, 0) is 30.5 Å². The number of benzene rings is 1. The molecule has 0 amide bonds. The Morgan fingerprint density at radius 2 is 2.06 bits per heavy atom.